The van der Waals surface area contributed by atoms with E-state index in [1.807, 2.05) is 43.3 Å². The Morgan fingerprint density at radius 3 is 2.25 bits per heavy atom. The molecule has 2 rings (SSSR count). The van der Waals surface area contributed by atoms with Gasteiger partial charge in [-0.05, 0) is 25.1 Å². The molecule has 0 aliphatic carbocycles. The molecule has 2 nitrogen and oxygen atoms in total. The van der Waals surface area contributed by atoms with Crippen molar-refractivity contribution in [3.63, 3.8) is 0 Å². The first-order chi connectivity index (χ1) is 5.90. The van der Waals surface area contributed by atoms with Gasteiger partial charge in [0.05, 0.1) is 0 Å². The van der Waals surface area contributed by atoms with Crippen molar-refractivity contribution in [2.45, 2.75) is 13.2 Å². The van der Waals surface area contributed by atoms with Crippen LogP contribution in [0.4, 0.5) is 0 Å². The Balaban J connectivity index is 2.22. The van der Waals surface area contributed by atoms with Crippen LogP contribution in [0.3, 0.4) is 0 Å². The van der Waals surface area contributed by atoms with E-state index in [0.29, 0.717) is 0 Å². The Kier molecular flexibility index (Phi) is 1.74. The minimum absolute atomic E-state index is 0.243. The summed E-state index contributed by atoms with van der Waals surface area (Å²) in [6.45, 7) is 1.94. The molecule has 0 unspecified atom stereocenters. The van der Waals surface area contributed by atoms with Crippen molar-refractivity contribution in [3.05, 3.63) is 36.4 Å². The highest BCUT2D eigenvalue weighted by atomic mass is 16.7. The van der Waals surface area contributed by atoms with Crippen LogP contribution in [-0.4, -0.2) is 6.29 Å². The first kappa shape index (κ1) is 7.22. The number of hydrogen-bond acceptors (Lipinski definition) is 2. The Hall–Kier alpha value is -1.44. The summed E-state index contributed by atoms with van der Waals surface area (Å²) in [5, 5.41) is 0. The molecule has 1 heterocycles. The lowest BCUT2D eigenvalue weighted by Crippen LogP contribution is -2.13. The Bertz CT molecular complexity index is 279. The van der Waals surface area contributed by atoms with Crippen molar-refractivity contribution in [1.29, 1.82) is 0 Å². The van der Waals surface area contributed by atoms with E-state index in [1.54, 1.807) is 0 Å². The number of hydrogen-bond donors (Lipinski definition) is 0. The maximum Gasteiger partial charge on any atom is 0.261 e. The maximum absolute atomic E-state index is 5.44. The normalized spacial score (nSPS) is 15.8. The molecule has 0 bridgehead atoms. The van der Waals surface area contributed by atoms with Gasteiger partial charge in [-0.25, -0.2) is 0 Å². The number of fused-ring (bicyclic) bond motifs is 1. The number of para-hydroxylation sites is 2. The third-order valence-electron chi connectivity index (χ3n) is 1.68. The van der Waals surface area contributed by atoms with Gasteiger partial charge in [-0.1, -0.05) is 18.2 Å². The first-order valence-electron chi connectivity index (χ1n) is 3.95. The largest absolute Gasteiger partial charge is 0.447 e. The molecule has 1 aliphatic heterocycles. The molecule has 0 amide bonds. The average molecular weight is 162 g/mol. The van der Waals surface area contributed by atoms with Gasteiger partial charge in [-0.2, -0.15) is 0 Å². The second-order valence-corrected chi connectivity index (χ2v) is 2.58. The van der Waals surface area contributed by atoms with Crippen LogP contribution >= 0.6 is 0 Å². The molecule has 1 aromatic carbocycles. The van der Waals surface area contributed by atoms with E-state index in [-0.39, 0.29) is 6.29 Å². The van der Waals surface area contributed by atoms with Crippen molar-refractivity contribution in [2.75, 3.05) is 0 Å². The van der Waals surface area contributed by atoms with Gasteiger partial charge in [0.1, 0.15) is 0 Å². The van der Waals surface area contributed by atoms with Crippen LogP contribution in [0.5, 0.6) is 11.5 Å². The molecule has 12 heavy (non-hydrogen) atoms. The summed E-state index contributed by atoms with van der Waals surface area (Å²) in [6, 6.07) is 7.66. The van der Waals surface area contributed by atoms with Crippen LogP contribution in [0, 0.1) is 0 Å². The van der Waals surface area contributed by atoms with Crippen LogP contribution in [0.25, 0.3) is 0 Å². The zero-order valence-electron chi connectivity index (χ0n) is 6.86. The molecule has 62 valence electrons. The lowest BCUT2D eigenvalue weighted by Gasteiger charge is -2.02. The van der Waals surface area contributed by atoms with Crippen LogP contribution in [0.2, 0.25) is 0 Å². The van der Waals surface area contributed by atoms with E-state index < -0.39 is 0 Å². The minimum Gasteiger partial charge on any atom is -0.447 e. The van der Waals surface area contributed by atoms with E-state index in [2.05, 4.69) is 0 Å². The number of allylic oxidation sites excluding steroid dienone is 1. The Morgan fingerprint density at radius 1 is 1.17 bits per heavy atom. The summed E-state index contributed by atoms with van der Waals surface area (Å²) in [6.07, 6.45) is 3.55. The molecule has 0 atom stereocenters. The summed E-state index contributed by atoms with van der Waals surface area (Å²) < 4.78 is 10.9. The molecule has 0 N–H and O–H groups in total. The molecule has 0 fully saturated rings. The van der Waals surface area contributed by atoms with Gasteiger partial charge in [0, 0.05) is 0 Å². The van der Waals surface area contributed by atoms with Gasteiger partial charge < -0.3 is 9.47 Å². The van der Waals surface area contributed by atoms with E-state index in [9.17, 15) is 0 Å². The number of benzene rings is 1. The van der Waals surface area contributed by atoms with Gasteiger partial charge in [-0.15, -0.1) is 0 Å². The fourth-order valence-corrected chi connectivity index (χ4v) is 1.15. The molecular formula is C10H10O2. The summed E-state index contributed by atoms with van der Waals surface area (Å²) in [7, 11) is 0. The second kappa shape index (κ2) is 2.89. The fourth-order valence-electron chi connectivity index (χ4n) is 1.15. The van der Waals surface area contributed by atoms with Crippen LogP contribution in [0.15, 0.2) is 36.4 Å². The molecular weight excluding hydrogens is 152 g/mol. The van der Waals surface area contributed by atoms with Crippen molar-refractivity contribution in [1.82, 2.24) is 0 Å². The van der Waals surface area contributed by atoms with Crippen molar-refractivity contribution >= 4 is 0 Å². The summed E-state index contributed by atoms with van der Waals surface area (Å²) in [5.74, 6) is 1.64. The molecule has 1 aliphatic rings. The lowest BCUT2D eigenvalue weighted by molar-refractivity contribution is 0.0951. The third-order valence-corrected chi connectivity index (χ3v) is 1.68. The SMILES string of the molecule is CC=CC1Oc2ccccc2O1. The maximum atomic E-state index is 5.44. The predicted octanol–water partition coefficient (Wildman–Crippen LogP) is 2.36. The molecule has 2 heteroatoms. The van der Waals surface area contributed by atoms with Gasteiger partial charge in [-0.3, -0.25) is 0 Å². The number of ether oxygens (including phenoxy) is 2. The van der Waals surface area contributed by atoms with E-state index in [4.69, 9.17) is 9.47 Å². The second-order valence-electron chi connectivity index (χ2n) is 2.58. The molecule has 0 saturated heterocycles. The lowest BCUT2D eigenvalue weighted by atomic mass is 10.3. The van der Waals surface area contributed by atoms with E-state index in [0.717, 1.165) is 11.5 Å². The average Bonchev–Trinajstić information content (AvgIpc) is 2.47. The molecule has 1 aromatic rings. The van der Waals surface area contributed by atoms with Crippen molar-refractivity contribution in [2.24, 2.45) is 0 Å². The zero-order chi connectivity index (χ0) is 8.39. The van der Waals surface area contributed by atoms with Gasteiger partial charge in [0.2, 0.25) is 0 Å². The quantitative estimate of drug-likeness (QED) is 0.590. The van der Waals surface area contributed by atoms with Gasteiger partial charge in [0.25, 0.3) is 6.29 Å². The van der Waals surface area contributed by atoms with Crippen LogP contribution in [-0.2, 0) is 0 Å². The minimum atomic E-state index is -0.243. The van der Waals surface area contributed by atoms with Gasteiger partial charge in [0.15, 0.2) is 11.5 Å². The molecule has 0 radical (unpaired) electrons. The highest BCUT2D eigenvalue weighted by Crippen LogP contribution is 2.33. The third kappa shape index (κ3) is 1.16. The highest BCUT2D eigenvalue weighted by Gasteiger charge is 2.19. The topological polar surface area (TPSA) is 18.5 Å². The van der Waals surface area contributed by atoms with Gasteiger partial charge >= 0.3 is 0 Å². The Morgan fingerprint density at radius 2 is 1.75 bits per heavy atom. The van der Waals surface area contributed by atoms with Crippen molar-refractivity contribution < 1.29 is 9.47 Å². The van der Waals surface area contributed by atoms with E-state index >= 15 is 0 Å². The van der Waals surface area contributed by atoms with Crippen LogP contribution in [0.1, 0.15) is 6.92 Å². The predicted molar refractivity (Wildman–Crippen MR) is 46.3 cm³/mol. The highest BCUT2D eigenvalue weighted by molar-refractivity contribution is 5.42. The number of rotatable bonds is 1. The molecule has 0 aromatic heterocycles. The monoisotopic (exact) mass is 162 g/mol. The molecule has 0 saturated carbocycles. The summed E-state index contributed by atoms with van der Waals surface area (Å²) >= 11 is 0. The zero-order valence-corrected chi connectivity index (χ0v) is 6.86. The smallest absolute Gasteiger partial charge is 0.261 e. The summed E-state index contributed by atoms with van der Waals surface area (Å²) in [5.41, 5.74) is 0. The fraction of sp³-hybridized carbons (Fsp3) is 0.200. The standard InChI is InChI=1S/C10H10O2/c1-2-5-10-11-8-6-3-4-7-9(8)12-10/h2-7,10H,1H3. The van der Waals surface area contributed by atoms with Crippen molar-refractivity contribution in [3.8, 4) is 11.5 Å². The summed E-state index contributed by atoms with van der Waals surface area (Å²) in [4.78, 5) is 0. The first-order valence-corrected chi connectivity index (χ1v) is 3.95. The Labute approximate surface area is 71.4 Å². The van der Waals surface area contributed by atoms with Crippen LogP contribution < -0.4 is 9.47 Å². The molecule has 0 spiro atoms. The van der Waals surface area contributed by atoms with E-state index in [1.165, 1.54) is 0 Å².